The molecule has 1 N–H and O–H groups in total. The van der Waals surface area contributed by atoms with Gasteiger partial charge in [0.1, 0.15) is 0 Å². The molecule has 1 atom stereocenters. The minimum absolute atomic E-state index is 0.812. The molecule has 0 heterocycles. The summed E-state index contributed by atoms with van der Waals surface area (Å²) in [5, 5.41) is 3.69. The molecule has 0 amide bonds. The molecule has 2 heteroatoms. The maximum Gasteiger partial charge on any atom is 0.00921 e. The van der Waals surface area contributed by atoms with Crippen molar-refractivity contribution in [3.63, 3.8) is 0 Å². The molecule has 2 fully saturated rings. The third-order valence-corrected chi connectivity index (χ3v) is 4.48. The van der Waals surface area contributed by atoms with E-state index in [-0.39, 0.29) is 0 Å². The van der Waals surface area contributed by atoms with Crippen molar-refractivity contribution in [3.05, 3.63) is 0 Å². The topological polar surface area (TPSA) is 15.3 Å². The number of nitrogens with one attached hydrogen (secondary N) is 1. The molecular weight excluding hydrogens is 196 g/mol. The van der Waals surface area contributed by atoms with E-state index in [0.29, 0.717) is 0 Å². The van der Waals surface area contributed by atoms with Crippen LogP contribution in [-0.4, -0.2) is 37.1 Å². The zero-order chi connectivity index (χ0) is 11.4. The summed E-state index contributed by atoms with van der Waals surface area (Å²) >= 11 is 0. The van der Waals surface area contributed by atoms with Crippen molar-refractivity contribution in [2.45, 2.75) is 64.0 Å². The Labute approximate surface area is 101 Å². The van der Waals surface area contributed by atoms with E-state index in [2.05, 4.69) is 24.2 Å². The first-order chi connectivity index (χ1) is 7.77. The second kappa shape index (κ2) is 6.02. The van der Waals surface area contributed by atoms with Gasteiger partial charge >= 0.3 is 0 Å². The summed E-state index contributed by atoms with van der Waals surface area (Å²) in [6.45, 7) is 4.87. The van der Waals surface area contributed by atoms with E-state index < -0.39 is 0 Å². The first-order valence-electron chi connectivity index (χ1n) is 7.21. The Morgan fingerprint density at radius 1 is 1.19 bits per heavy atom. The van der Waals surface area contributed by atoms with Gasteiger partial charge in [-0.25, -0.2) is 0 Å². The Balaban J connectivity index is 1.49. The summed E-state index contributed by atoms with van der Waals surface area (Å²) in [5.74, 6) is 1.01. The third kappa shape index (κ3) is 3.74. The summed E-state index contributed by atoms with van der Waals surface area (Å²) in [6.07, 6.45) is 9.94. The van der Waals surface area contributed by atoms with Crippen LogP contribution in [0.5, 0.6) is 0 Å². The molecule has 16 heavy (non-hydrogen) atoms. The van der Waals surface area contributed by atoms with Gasteiger partial charge in [-0.3, -0.25) is 0 Å². The highest BCUT2D eigenvalue weighted by atomic mass is 15.1. The van der Waals surface area contributed by atoms with Gasteiger partial charge in [0.15, 0.2) is 0 Å². The van der Waals surface area contributed by atoms with Gasteiger partial charge in [-0.2, -0.15) is 0 Å². The van der Waals surface area contributed by atoms with E-state index in [0.717, 1.165) is 18.0 Å². The molecule has 0 aromatic heterocycles. The average molecular weight is 224 g/mol. The van der Waals surface area contributed by atoms with E-state index in [1.54, 1.807) is 0 Å². The number of nitrogens with zero attached hydrogens (tertiary/aromatic N) is 1. The molecule has 0 spiro atoms. The van der Waals surface area contributed by atoms with Crippen LogP contribution < -0.4 is 5.32 Å². The van der Waals surface area contributed by atoms with Crippen LogP contribution in [0, 0.1) is 5.92 Å². The van der Waals surface area contributed by atoms with E-state index in [4.69, 9.17) is 0 Å². The predicted octanol–water partition coefficient (Wildman–Crippen LogP) is 2.64. The van der Waals surface area contributed by atoms with Gasteiger partial charge in [0.25, 0.3) is 0 Å². The van der Waals surface area contributed by atoms with Gasteiger partial charge in [-0.05, 0) is 65.1 Å². The van der Waals surface area contributed by atoms with Crippen molar-refractivity contribution in [1.82, 2.24) is 10.2 Å². The van der Waals surface area contributed by atoms with Gasteiger partial charge < -0.3 is 10.2 Å². The average Bonchev–Trinajstić information content (AvgIpc) is 3.01. The van der Waals surface area contributed by atoms with Crippen LogP contribution in [0.3, 0.4) is 0 Å². The van der Waals surface area contributed by atoms with Crippen LogP contribution in [-0.2, 0) is 0 Å². The molecule has 2 aliphatic carbocycles. The summed E-state index contributed by atoms with van der Waals surface area (Å²) in [7, 11) is 2.29. The Morgan fingerprint density at radius 2 is 1.88 bits per heavy atom. The summed E-state index contributed by atoms with van der Waals surface area (Å²) in [6, 6.07) is 1.65. The van der Waals surface area contributed by atoms with Crippen molar-refractivity contribution in [2.24, 2.45) is 5.92 Å². The molecule has 1 unspecified atom stereocenters. The standard InChI is InChI=1S/C14H28N2/c1-12(13-8-9-13)16(2)11-5-10-15-14-6-3-4-7-14/h12-15H,3-11H2,1-2H3. The lowest BCUT2D eigenvalue weighted by Gasteiger charge is -2.24. The van der Waals surface area contributed by atoms with Crippen LogP contribution in [0.2, 0.25) is 0 Å². The molecule has 0 aliphatic heterocycles. The van der Waals surface area contributed by atoms with Crippen LogP contribution >= 0.6 is 0 Å². The minimum Gasteiger partial charge on any atom is -0.314 e. The van der Waals surface area contributed by atoms with Gasteiger partial charge in [0.05, 0.1) is 0 Å². The zero-order valence-electron chi connectivity index (χ0n) is 11.0. The van der Waals surface area contributed by atoms with Gasteiger partial charge in [0.2, 0.25) is 0 Å². The van der Waals surface area contributed by atoms with Crippen molar-refractivity contribution in [2.75, 3.05) is 20.1 Å². The first kappa shape index (κ1) is 12.4. The highest BCUT2D eigenvalue weighted by Crippen LogP contribution is 2.34. The van der Waals surface area contributed by atoms with E-state index >= 15 is 0 Å². The number of rotatable bonds is 7. The fraction of sp³-hybridized carbons (Fsp3) is 1.00. The first-order valence-corrected chi connectivity index (χ1v) is 7.21. The van der Waals surface area contributed by atoms with E-state index in [1.165, 1.54) is 58.0 Å². The molecule has 2 rings (SSSR count). The highest BCUT2D eigenvalue weighted by molar-refractivity contribution is 4.84. The van der Waals surface area contributed by atoms with Crippen molar-refractivity contribution in [1.29, 1.82) is 0 Å². The quantitative estimate of drug-likeness (QED) is 0.669. The molecular formula is C14H28N2. The molecule has 0 radical (unpaired) electrons. The minimum atomic E-state index is 0.812. The largest absolute Gasteiger partial charge is 0.314 e. The van der Waals surface area contributed by atoms with Gasteiger partial charge in [0, 0.05) is 12.1 Å². The van der Waals surface area contributed by atoms with Crippen LogP contribution in [0.15, 0.2) is 0 Å². The molecule has 2 saturated carbocycles. The molecule has 0 aromatic carbocycles. The van der Waals surface area contributed by atoms with Gasteiger partial charge in [-0.1, -0.05) is 12.8 Å². The second-order valence-electron chi connectivity index (χ2n) is 5.85. The SMILES string of the molecule is CC(C1CC1)N(C)CCCNC1CCCC1. The lowest BCUT2D eigenvalue weighted by atomic mass is 10.2. The van der Waals surface area contributed by atoms with Crippen LogP contribution in [0.1, 0.15) is 51.9 Å². The second-order valence-corrected chi connectivity index (χ2v) is 5.85. The fourth-order valence-corrected chi connectivity index (χ4v) is 2.91. The molecule has 0 aromatic rings. The maximum atomic E-state index is 3.69. The summed E-state index contributed by atoms with van der Waals surface area (Å²) < 4.78 is 0. The smallest absolute Gasteiger partial charge is 0.00921 e. The van der Waals surface area contributed by atoms with Gasteiger partial charge in [-0.15, -0.1) is 0 Å². The van der Waals surface area contributed by atoms with Crippen LogP contribution in [0.25, 0.3) is 0 Å². The summed E-state index contributed by atoms with van der Waals surface area (Å²) in [5.41, 5.74) is 0. The zero-order valence-corrected chi connectivity index (χ0v) is 11.0. The molecule has 0 bridgehead atoms. The lowest BCUT2D eigenvalue weighted by Crippen LogP contribution is -2.34. The van der Waals surface area contributed by atoms with E-state index in [9.17, 15) is 0 Å². The summed E-state index contributed by atoms with van der Waals surface area (Å²) in [4.78, 5) is 2.55. The fourth-order valence-electron chi connectivity index (χ4n) is 2.91. The third-order valence-electron chi connectivity index (χ3n) is 4.48. The molecule has 94 valence electrons. The number of hydrogen-bond acceptors (Lipinski definition) is 2. The van der Waals surface area contributed by atoms with Crippen molar-refractivity contribution >= 4 is 0 Å². The Bertz CT molecular complexity index is 195. The molecule has 0 saturated heterocycles. The highest BCUT2D eigenvalue weighted by Gasteiger charge is 2.29. The monoisotopic (exact) mass is 224 g/mol. The lowest BCUT2D eigenvalue weighted by molar-refractivity contribution is 0.230. The van der Waals surface area contributed by atoms with Crippen molar-refractivity contribution < 1.29 is 0 Å². The predicted molar refractivity (Wildman–Crippen MR) is 69.7 cm³/mol. The Kier molecular flexibility index (Phi) is 4.66. The maximum absolute atomic E-state index is 3.69. The Morgan fingerprint density at radius 3 is 2.50 bits per heavy atom. The number of hydrogen-bond donors (Lipinski definition) is 1. The molecule has 2 nitrogen and oxygen atoms in total. The van der Waals surface area contributed by atoms with E-state index in [1.807, 2.05) is 0 Å². The molecule has 2 aliphatic rings. The van der Waals surface area contributed by atoms with Crippen molar-refractivity contribution in [3.8, 4) is 0 Å². The normalized spacial score (nSPS) is 24.2. The Hall–Kier alpha value is -0.0800. The van der Waals surface area contributed by atoms with Crippen LogP contribution in [0.4, 0.5) is 0 Å².